The Balaban J connectivity index is 1.13. The molecule has 1 aromatic carbocycles. The molecule has 0 unspecified atom stereocenters. The molecule has 3 fully saturated rings. The van der Waals surface area contributed by atoms with Crippen molar-refractivity contribution < 1.29 is 9.59 Å². The Bertz CT molecular complexity index is 1160. The molecule has 11 nitrogen and oxygen atoms in total. The zero-order valence-corrected chi connectivity index (χ0v) is 18.8. The van der Waals surface area contributed by atoms with Crippen LogP contribution in [0.3, 0.4) is 0 Å². The quantitative estimate of drug-likeness (QED) is 0.631. The van der Waals surface area contributed by atoms with E-state index < -0.39 is 6.04 Å². The number of fused-ring (bicyclic) bond motifs is 3. The van der Waals surface area contributed by atoms with Crippen LogP contribution in [0.5, 0.6) is 0 Å². The highest BCUT2D eigenvalue weighted by atomic mass is 16.2. The number of nitrogens with two attached hydrogens (primary N) is 1. The first kappa shape index (κ1) is 21.2. The van der Waals surface area contributed by atoms with Crippen molar-refractivity contribution in [3.8, 4) is 17.5 Å². The molecule has 34 heavy (non-hydrogen) atoms. The number of nitrogens with one attached hydrogen (secondary N) is 1. The number of piperazine rings is 1. The van der Waals surface area contributed by atoms with E-state index in [1.165, 1.54) is 11.1 Å². The molecule has 6 rings (SSSR count). The zero-order chi connectivity index (χ0) is 23.4. The predicted octanol–water partition coefficient (Wildman–Crippen LogP) is -0.0190. The normalized spacial score (nSPS) is 29.0. The summed E-state index contributed by atoms with van der Waals surface area (Å²) in [6, 6.07) is 7.26. The van der Waals surface area contributed by atoms with Crippen LogP contribution in [-0.2, 0) is 16.0 Å². The molecule has 2 amide bonds. The van der Waals surface area contributed by atoms with E-state index in [9.17, 15) is 14.9 Å². The summed E-state index contributed by atoms with van der Waals surface area (Å²) in [6.45, 7) is 1.66. The van der Waals surface area contributed by atoms with Crippen LogP contribution in [0.4, 0.5) is 0 Å². The topological polar surface area (TPSA) is 148 Å². The molecule has 4 aliphatic rings. The average molecular weight is 462 g/mol. The van der Waals surface area contributed by atoms with Crippen LogP contribution in [0.1, 0.15) is 42.9 Å². The van der Waals surface area contributed by atoms with Crippen molar-refractivity contribution in [2.75, 3.05) is 19.6 Å². The van der Waals surface area contributed by atoms with Crippen LogP contribution in [0.15, 0.2) is 18.2 Å². The van der Waals surface area contributed by atoms with E-state index in [-0.39, 0.29) is 36.0 Å². The highest BCUT2D eigenvalue weighted by molar-refractivity contribution is 5.87. The summed E-state index contributed by atoms with van der Waals surface area (Å²) in [7, 11) is 0. The number of benzene rings is 1. The molecule has 3 N–H and O–H groups in total. The summed E-state index contributed by atoms with van der Waals surface area (Å²) in [5.74, 6) is 0.518. The minimum atomic E-state index is -0.717. The Morgan fingerprint density at radius 3 is 2.97 bits per heavy atom. The van der Waals surface area contributed by atoms with Gasteiger partial charge in [0, 0.05) is 31.2 Å². The maximum Gasteiger partial charge on any atom is 0.241 e. The molecular formula is C23H27N9O2. The second-order valence-corrected chi connectivity index (χ2v) is 9.73. The van der Waals surface area contributed by atoms with Gasteiger partial charge in [-0.05, 0) is 54.5 Å². The summed E-state index contributed by atoms with van der Waals surface area (Å²) in [6.07, 6.45) is 4.12. The summed E-state index contributed by atoms with van der Waals surface area (Å²) < 4.78 is 0. The SMILES string of the molecule is N#C[C@@H]1CCCN1C(=O)[C@@H](N)CN1C[C@@H]2C[C@H]1C(=O)N2[C@H]1CCc2cc(-c3nn[nH]n3)ccc21. The number of nitrogens with zero attached hydrogens (tertiary/aromatic N) is 7. The van der Waals surface area contributed by atoms with Crippen molar-refractivity contribution in [2.45, 2.75) is 62.3 Å². The van der Waals surface area contributed by atoms with Gasteiger partial charge < -0.3 is 15.5 Å². The lowest BCUT2D eigenvalue weighted by Crippen LogP contribution is -2.56. The molecule has 3 aliphatic heterocycles. The number of likely N-dealkylation sites (tertiary alicyclic amines) is 3. The van der Waals surface area contributed by atoms with E-state index in [4.69, 9.17) is 5.73 Å². The van der Waals surface area contributed by atoms with Gasteiger partial charge >= 0.3 is 0 Å². The third-order valence-electron chi connectivity index (χ3n) is 7.88. The Morgan fingerprint density at radius 1 is 1.32 bits per heavy atom. The first-order chi connectivity index (χ1) is 16.5. The van der Waals surface area contributed by atoms with Gasteiger partial charge in [-0.3, -0.25) is 14.5 Å². The van der Waals surface area contributed by atoms with Crippen molar-refractivity contribution in [3.05, 3.63) is 29.3 Å². The molecule has 3 saturated heterocycles. The third-order valence-corrected chi connectivity index (χ3v) is 7.88. The molecular weight excluding hydrogens is 434 g/mol. The number of carbonyl (C=O) groups is 2. The Morgan fingerprint density at radius 2 is 2.21 bits per heavy atom. The lowest BCUT2D eigenvalue weighted by Gasteiger charge is -2.38. The molecule has 5 atom stereocenters. The van der Waals surface area contributed by atoms with E-state index in [0.29, 0.717) is 25.3 Å². The highest BCUT2D eigenvalue weighted by Crippen LogP contribution is 2.44. The minimum absolute atomic E-state index is 0.0789. The van der Waals surface area contributed by atoms with Crippen LogP contribution in [0.25, 0.3) is 11.4 Å². The van der Waals surface area contributed by atoms with Gasteiger partial charge in [-0.1, -0.05) is 12.1 Å². The van der Waals surface area contributed by atoms with Gasteiger partial charge in [0.05, 0.1) is 24.2 Å². The lowest BCUT2D eigenvalue weighted by molar-refractivity contribution is -0.141. The summed E-state index contributed by atoms with van der Waals surface area (Å²) in [5, 5.41) is 23.5. The fourth-order valence-corrected chi connectivity index (χ4v) is 6.32. The summed E-state index contributed by atoms with van der Waals surface area (Å²) in [5.41, 5.74) is 9.61. The number of aryl methyl sites for hydroxylation is 1. The van der Waals surface area contributed by atoms with E-state index >= 15 is 0 Å². The maximum absolute atomic E-state index is 13.4. The molecule has 11 heteroatoms. The van der Waals surface area contributed by atoms with E-state index in [1.54, 1.807) is 4.90 Å². The van der Waals surface area contributed by atoms with Crippen molar-refractivity contribution in [1.29, 1.82) is 5.26 Å². The smallest absolute Gasteiger partial charge is 0.241 e. The fourth-order valence-electron chi connectivity index (χ4n) is 6.32. The first-order valence-electron chi connectivity index (χ1n) is 11.9. The zero-order valence-electron chi connectivity index (χ0n) is 18.8. The second-order valence-electron chi connectivity index (χ2n) is 9.73. The van der Waals surface area contributed by atoms with Crippen molar-refractivity contribution in [1.82, 2.24) is 35.3 Å². The van der Waals surface area contributed by atoms with Crippen LogP contribution >= 0.6 is 0 Å². The average Bonchev–Trinajstić information content (AvgIpc) is 3.66. The summed E-state index contributed by atoms with van der Waals surface area (Å²) >= 11 is 0. The highest BCUT2D eigenvalue weighted by Gasteiger charge is 2.53. The standard InChI is InChI=1S/C23H27N9O2/c24-10-15-2-1-7-31(15)22(33)18(25)12-30-11-16-9-20(30)23(34)32(16)19-6-4-13-8-14(3-5-17(13)19)21-26-28-29-27-21/h3,5,8,15-16,18-20H,1-2,4,6-7,9,11-12,25H2,(H,26,27,28,29)/t15-,16-,18-,19-,20-/m0/s1. The molecule has 1 aromatic heterocycles. The van der Waals surface area contributed by atoms with Gasteiger partial charge in [-0.2, -0.15) is 10.5 Å². The number of H-pyrrole nitrogens is 1. The monoisotopic (exact) mass is 461 g/mol. The molecule has 0 spiro atoms. The predicted molar refractivity (Wildman–Crippen MR) is 120 cm³/mol. The Kier molecular flexibility index (Phi) is 5.08. The van der Waals surface area contributed by atoms with Gasteiger partial charge in [-0.15, -0.1) is 10.2 Å². The van der Waals surface area contributed by atoms with Gasteiger partial charge in [0.2, 0.25) is 17.6 Å². The number of aromatic nitrogens is 4. The molecule has 176 valence electrons. The van der Waals surface area contributed by atoms with E-state index in [1.807, 2.05) is 6.07 Å². The maximum atomic E-state index is 13.4. The lowest BCUT2D eigenvalue weighted by atomic mass is 10.0. The van der Waals surface area contributed by atoms with Crippen molar-refractivity contribution in [2.24, 2.45) is 5.73 Å². The molecule has 1 aliphatic carbocycles. The van der Waals surface area contributed by atoms with Gasteiger partial charge in [0.15, 0.2) is 0 Å². The van der Waals surface area contributed by atoms with E-state index in [0.717, 1.165) is 37.8 Å². The largest absolute Gasteiger partial charge is 0.330 e. The van der Waals surface area contributed by atoms with Gasteiger partial charge in [-0.25, -0.2) is 0 Å². The number of tetrazole rings is 1. The minimum Gasteiger partial charge on any atom is -0.330 e. The molecule has 4 heterocycles. The third kappa shape index (κ3) is 3.28. The van der Waals surface area contributed by atoms with Crippen molar-refractivity contribution >= 4 is 11.8 Å². The second kappa shape index (κ2) is 8.14. The van der Waals surface area contributed by atoms with E-state index in [2.05, 4.69) is 48.6 Å². The summed E-state index contributed by atoms with van der Waals surface area (Å²) in [4.78, 5) is 32.0. The Labute approximate surface area is 196 Å². The number of aromatic amines is 1. The number of nitriles is 1. The van der Waals surface area contributed by atoms with Gasteiger partial charge in [0.1, 0.15) is 6.04 Å². The Hall–Kier alpha value is -3.36. The number of carbonyl (C=O) groups excluding carboxylic acids is 2. The van der Waals surface area contributed by atoms with Gasteiger partial charge in [0.25, 0.3) is 0 Å². The molecule has 2 aromatic rings. The number of rotatable bonds is 5. The van der Waals surface area contributed by atoms with Crippen LogP contribution in [-0.4, -0.2) is 90.9 Å². The van der Waals surface area contributed by atoms with Crippen LogP contribution < -0.4 is 5.73 Å². The molecule has 2 bridgehead atoms. The van der Waals surface area contributed by atoms with Crippen LogP contribution in [0, 0.1) is 11.3 Å². The van der Waals surface area contributed by atoms with Crippen molar-refractivity contribution in [3.63, 3.8) is 0 Å². The molecule has 0 radical (unpaired) electrons. The van der Waals surface area contributed by atoms with Crippen LogP contribution in [0.2, 0.25) is 0 Å². The number of hydrogen-bond donors (Lipinski definition) is 2. The fraction of sp³-hybridized carbons (Fsp3) is 0.565. The molecule has 0 saturated carbocycles. The number of hydrogen-bond acceptors (Lipinski definition) is 8. The first-order valence-corrected chi connectivity index (χ1v) is 11.9. The number of amides is 2.